The van der Waals surface area contributed by atoms with Crippen molar-refractivity contribution in [3.05, 3.63) is 28.8 Å². The van der Waals surface area contributed by atoms with E-state index < -0.39 is 0 Å². The van der Waals surface area contributed by atoms with Crippen molar-refractivity contribution >= 4 is 26.5 Å². The molecule has 0 unspecified atom stereocenters. The third-order valence-corrected chi connectivity index (χ3v) is 4.84. The molecule has 0 spiro atoms. The van der Waals surface area contributed by atoms with Crippen molar-refractivity contribution in [1.82, 2.24) is 4.98 Å². The molecule has 104 valence electrons. The number of fused-ring (bicyclic) bond motifs is 1. The van der Waals surface area contributed by atoms with Gasteiger partial charge in [-0.2, -0.15) is 0 Å². The Morgan fingerprint density at radius 2 is 1.42 bits per heavy atom. The summed E-state index contributed by atoms with van der Waals surface area (Å²) in [4.78, 5) is 3.63. The number of nitrogens with one attached hydrogen (secondary N) is 1. The molecule has 1 aromatic carbocycles. The predicted molar refractivity (Wildman–Crippen MR) is 90.1 cm³/mol. The minimum atomic E-state index is 0.579. The molecule has 1 nitrogen and oxygen atoms in total. The van der Waals surface area contributed by atoms with E-state index in [1.54, 1.807) is 11.1 Å². The molecule has 0 fully saturated rings. The van der Waals surface area contributed by atoms with Gasteiger partial charge in [0.15, 0.2) is 0 Å². The first-order valence-corrected chi connectivity index (χ1v) is 8.49. The van der Waals surface area contributed by atoms with Crippen molar-refractivity contribution in [3.8, 4) is 0 Å². The van der Waals surface area contributed by atoms with E-state index in [0.29, 0.717) is 17.8 Å². The Bertz CT molecular complexity index is 591. The van der Waals surface area contributed by atoms with Crippen molar-refractivity contribution in [2.24, 2.45) is 0 Å². The molecule has 1 N–H and O–H groups in total. The summed E-state index contributed by atoms with van der Waals surface area (Å²) in [6, 6.07) is 4.60. The highest BCUT2D eigenvalue weighted by atomic mass is 28.1. The molecule has 19 heavy (non-hydrogen) atoms. The highest BCUT2D eigenvalue weighted by Crippen LogP contribution is 2.36. The summed E-state index contributed by atoms with van der Waals surface area (Å²) in [5.74, 6) is 1.77. The third-order valence-electron chi connectivity index (χ3n) is 4.05. The summed E-state index contributed by atoms with van der Waals surface area (Å²) in [5.41, 5.74) is 5.98. The fraction of sp³-hybridized carbons (Fsp3) is 0.529. The average molecular weight is 273 g/mol. The molecule has 0 aliphatic carbocycles. The van der Waals surface area contributed by atoms with Crippen LogP contribution >= 0.6 is 0 Å². The first-order chi connectivity index (χ1) is 8.84. The number of hydrogen-bond donors (Lipinski definition) is 1. The third kappa shape index (κ3) is 2.38. The van der Waals surface area contributed by atoms with Crippen molar-refractivity contribution in [1.29, 1.82) is 0 Å². The minimum Gasteiger partial charge on any atom is -0.363 e. The SMILES string of the molecule is CC(C)c1ccc2[nH]c([SiH3])c(C(C)C)c2c1C(C)C. The molecule has 0 saturated carbocycles. The molecule has 2 aromatic rings. The van der Waals surface area contributed by atoms with E-state index in [-0.39, 0.29) is 0 Å². The van der Waals surface area contributed by atoms with E-state index in [2.05, 4.69) is 58.7 Å². The van der Waals surface area contributed by atoms with Gasteiger partial charge >= 0.3 is 0 Å². The Kier molecular flexibility index (Phi) is 3.91. The maximum absolute atomic E-state index is 3.63. The number of hydrogen-bond acceptors (Lipinski definition) is 0. The number of rotatable bonds is 3. The average Bonchev–Trinajstić information content (AvgIpc) is 2.62. The van der Waals surface area contributed by atoms with Crippen LogP contribution in [-0.2, 0) is 0 Å². The molecule has 2 rings (SSSR count). The second-order valence-electron chi connectivity index (χ2n) is 6.62. The van der Waals surface area contributed by atoms with Gasteiger partial charge in [-0.1, -0.05) is 47.6 Å². The van der Waals surface area contributed by atoms with Gasteiger partial charge < -0.3 is 4.98 Å². The topological polar surface area (TPSA) is 15.8 Å². The normalized spacial score (nSPS) is 12.5. The fourth-order valence-corrected chi connectivity index (χ4v) is 4.43. The van der Waals surface area contributed by atoms with Crippen LogP contribution in [-0.4, -0.2) is 15.2 Å². The molecule has 0 atom stereocenters. The largest absolute Gasteiger partial charge is 0.363 e. The minimum absolute atomic E-state index is 0.579. The quantitative estimate of drug-likeness (QED) is 0.824. The molecular weight excluding hydrogens is 246 g/mol. The zero-order valence-corrected chi connectivity index (χ0v) is 15.4. The highest BCUT2D eigenvalue weighted by Gasteiger charge is 2.20. The Hall–Kier alpha value is -1.02. The summed E-state index contributed by atoms with van der Waals surface area (Å²) in [5, 5.41) is 2.98. The predicted octanol–water partition coefficient (Wildman–Crippen LogP) is 3.53. The molecule has 1 heterocycles. The number of benzene rings is 1. The van der Waals surface area contributed by atoms with Crippen LogP contribution in [0, 0.1) is 0 Å². The number of aromatic amines is 1. The van der Waals surface area contributed by atoms with Gasteiger partial charge in [-0.15, -0.1) is 0 Å². The molecule has 0 saturated heterocycles. The van der Waals surface area contributed by atoms with Crippen molar-refractivity contribution in [2.75, 3.05) is 0 Å². The van der Waals surface area contributed by atoms with Crippen LogP contribution in [0.15, 0.2) is 12.1 Å². The summed E-state index contributed by atoms with van der Waals surface area (Å²) in [6.07, 6.45) is 0. The van der Waals surface area contributed by atoms with Gasteiger partial charge in [0, 0.05) is 10.9 Å². The standard InChI is InChI=1S/C17H27NSi/c1-9(2)12-7-8-13-16(14(12)10(3)4)15(11(5)6)17(19)18-13/h7-11,18H,1-6,19H3. The van der Waals surface area contributed by atoms with Gasteiger partial charge in [0.2, 0.25) is 0 Å². The van der Waals surface area contributed by atoms with Gasteiger partial charge in [0.25, 0.3) is 0 Å². The highest BCUT2D eigenvalue weighted by molar-refractivity contribution is 6.34. The summed E-state index contributed by atoms with van der Waals surface area (Å²) in [6.45, 7) is 13.9. The van der Waals surface area contributed by atoms with Crippen LogP contribution < -0.4 is 5.32 Å². The van der Waals surface area contributed by atoms with Gasteiger partial charge in [-0.25, -0.2) is 0 Å². The summed E-state index contributed by atoms with van der Waals surface area (Å²) >= 11 is 0. The van der Waals surface area contributed by atoms with E-state index in [4.69, 9.17) is 0 Å². The van der Waals surface area contributed by atoms with E-state index in [9.17, 15) is 0 Å². The Balaban J connectivity index is 2.90. The van der Waals surface area contributed by atoms with Gasteiger partial charge in [-0.3, -0.25) is 0 Å². The molecule has 1 aromatic heterocycles. The lowest BCUT2D eigenvalue weighted by molar-refractivity contribution is 0.794. The van der Waals surface area contributed by atoms with Crippen molar-refractivity contribution in [3.63, 3.8) is 0 Å². The molecule has 0 aliphatic rings. The lowest BCUT2D eigenvalue weighted by atomic mass is 9.85. The van der Waals surface area contributed by atoms with Gasteiger partial charge in [0.1, 0.15) is 0 Å². The van der Waals surface area contributed by atoms with E-state index >= 15 is 0 Å². The maximum atomic E-state index is 3.63. The lowest BCUT2D eigenvalue weighted by Gasteiger charge is -2.19. The summed E-state index contributed by atoms with van der Waals surface area (Å²) < 4.78 is 0. The second kappa shape index (κ2) is 5.16. The molecule has 2 heteroatoms. The van der Waals surface area contributed by atoms with E-state index in [0.717, 1.165) is 10.2 Å². The molecular formula is C17H27NSi. The Morgan fingerprint density at radius 3 is 1.89 bits per heavy atom. The zero-order valence-electron chi connectivity index (χ0n) is 13.4. The maximum Gasteiger partial charge on any atom is 0.0596 e. The van der Waals surface area contributed by atoms with Gasteiger partial charge in [-0.05, 0) is 45.8 Å². The van der Waals surface area contributed by atoms with Crippen LogP contribution in [0.2, 0.25) is 0 Å². The smallest absolute Gasteiger partial charge is 0.0596 e. The first kappa shape index (κ1) is 14.4. The van der Waals surface area contributed by atoms with Crippen LogP contribution in [0.5, 0.6) is 0 Å². The van der Waals surface area contributed by atoms with Crippen LogP contribution in [0.1, 0.15) is 76.0 Å². The van der Waals surface area contributed by atoms with E-state index in [1.165, 1.54) is 21.8 Å². The van der Waals surface area contributed by atoms with E-state index in [1.807, 2.05) is 0 Å². The van der Waals surface area contributed by atoms with Crippen molar-refractivity contribution < 1.29 is 0 Å². The monoisotopic (exact) mass is 273 g/mol. The molecule has 0 bridgehead atoms. The Morgan fingerprint density at radius 1 is 0.842 bits per heavy atom. The zero-order chi connectivity index (χ0) is 14.3. The lowest BCUT2D eigenvalue weighted by Crippen LogP contribution is -2.11. The fourth-order valence-electron chi connectivity index (χ4n) is 3.33. The van der Waals surface area contributed by atoms with Crippen LogP contribution in [0.3, 0.4) is 0 Å². The molecule has 0 aliphatic heterocycles. The number of H-pyrrole nitrogens is 1. The van der Waals surface area contributed by atoms with Gasteiger partial charge in [0.05, 0.1) is 10.2 Å². The summed E-state index contributed by atoms with van der Waals surface area (Å²) in [7, 11) is 1.09. The molecule has 0 radical (unpaired) electrons. The van der Waals surface area contributed by atoms with Crippen LogP contribution in [0.25, 0.3) is 10.9 Å². The molecule has 0 amide bonds. The van der Waals surface area contributed by atoms with Crippen LogP contribution in [0.4, 0.5) is 0 Å². The van der Waals surface area contributed by atoms with Crippen molar-refractivity contribution in [2.45, 2.75) is 59.3 Å². The first-order valence-electron chi connectivity index (χ1n) is 7.49. The number of aromatic nitrogens is 1. The second-order valence-corrected chi connectivity index (χ2v) is 7.62. The Labute approximate surface area is 120 Å².